The Kier molecular flexibility index (Phi) is 6.67. The van der Waals surface area contributed by atoms with Crippen molar-refractivity contribution in [3.8, 4) is 0 Å². The fraction of sp³-hybridized carbons (Fsp3) is 0.500. The van der Waals surface area contributed by atoms with Gasteiger partial charge in [0.15, 0.2) is 0 Å². The molecule has 1 rings (SSSR count). The molecule has 0 aliphatic heterocycles. The van der Waals surface area contributed by atoms with Gasteiger partial charge < -0.3 is 14.4 Å². The second kappa shape index (κ2) is 7.71. The summed E-state index contributed by atoms with van der Waals surface area (Å²) < 4.78 is 75.3. The molecule has 1 N–H and O–H groups in total. The zero-order valence-corrected chi connectivity index (χ0v) is 17.7. The van der Waals surface area contributed by atoms with Gasteiger partial charge in [-0.3, -0.25) is 10.1 Å². The summed E-state index contributed by atoms with van der Waals surface area (Å²) in [7, 11) is -8.57. The molecular formula is C16H22ClF5N2O4S. The summed E-state index contributed by atoms with van der Waals surface area (Å²) in [6, 6.07) is 1.13. The summed E-state index contributed by atoms with van der Waals surface area (Å²) in [6.07, 6.45) is -1.17. The molecule has 168 valence electrons. The Labute approximate surface area is 170 Å². The molecule has 1 aromatic carbocycles. The summed E-state index contributed by atoms with van der Waals surface area (Å²) in [5.41, 5.74) is -0.580. The number of alkyl halides is 1. The van der Waals surface area contributed by atoms with Crippen molar-refractivity contribution in [2.45, 2.75) is 30.5 Å². The first-order valence-corrected chi connectivity index (χ1v) is 10.5. The molecule has 0 fully saturated rings. The first-order chi connectivity index (χ1) is 12.8. The number of rotatable bonds is 8. The number of hydrogen-bond donors (Lipinski definition) is 1. The maximum atomic E-state index is 13.2. The predicted molar refractivity (Wildman–Crippen MR) is 103 cm³/mol. The van der Waals surface area contributed by atoms with Crippen molar-refractivity contribution in [3.63, 3.8) is 0 Å². The molecule has 13 heteroatoms. The van der Waals surface area contributed by atoms with Crippen molar-refractivity contribution in [1.29, 1.82) is 0 Å². The van der Waals surface area contributed by atoms with Crippen LogP contribution in [0, 0.1) is 0 Å². The van der Waals surface area contributed by atoms with Gasteiger partial charge in [0.1, 0.15) is 18.1 Å². The number of ether oxygens (including phenoxy) is 2. The Morgan fingerprint density at radius 3 is 2.24 bits per heavy atom. The molecule has 0 aromatic heterocycles. The first-order valence-electron chi connectivity index (χ1n) is 8.14. The summed E-state index contributed by atoms with van der Waals surface area (Å²) in [6.45, 7) is 3.87. The number of benzene rings is 1. The number of halogens is 6. The largest absolute Gasteiger partial charge is 0.464 e. The van der Waals surface area contributed by atoms with E-state index in [0.717, 1.165) is 6.07 Å². The monoisotopic (exact) mass is 468 g/mol. The third-order valence-electron chi connectivity index (χ3n) is 3.34. The fourth-order valence-electron chi connectivity index (χ4n) is 2.02. The van der Waals surface area contributed by atoms with E-state index >= 15 is 0 Å². The lowest BCUT2D eigenvalue weighted by atomic mass is 10.2. The number of anilines is 2. The minimum absolute atomic E-state index is 0.0216. The highest BCUT2D eigenvalue weighted by atomic mass is 35.5. The van der Waals surface area contributed by atoms with E-state index < -0.39 is 37.7 Å². The van der Waals surface area contributed by atoms with E-state index in [1.807, 2.05) is 5.32 Å². The van der Waals surface area contributed by atoms with E-state index in [1.165, 1.54) is 32.7 Å². The van der Waals surface area contributed by atoms with Crippen molar-refractivity contribution in [3.05, 3.63) is 18.2 Å². The lowest BCUT2D eigenvalue weighted by Gasteiger charge is -2.41. The number of carbonyl (C=O) groups excluding carboxylic acids is 2. The summed E-state index contributed by atoms with van der Waals surface area (Å²) in [4.78, 5) is 21.0. The molecule has 0 aliphatic carbocycles. The summed E-state index contributed by atoms with van der Waals surface area (Å²) in [5, 5.41) is 2.03. The van der Waals surface area contributed by atoms with Gasteiger partial charge in [-0.05, 0) is 32.0 Å². The van der Waals surface area contributed by atoms with Crippen LogP contribution >= 0.6 is 21.8 Å². The Hall–Kier alpha value is -1.95. The molecule has 1 aromatic rings. The molecule has 0 unspecified atom stereocenters. The van der Waals surface area contributed by atoms with Gasteiger partial charge in [0.05, 0.1) is 22.8 Å². The van der Waals surface area contributed by atoms with Gasteiger partial charge in [-0.15, -0.1) is 11.6 Å². The lowest BCUT2D eigenvalue weighted by Crippen LogP contribution is -2.27. The number of nitrogens with one attached hydrogen (secondary N) is 1. The second-order valence-electron chi connectivity index (χ2n) is 6.83. The fourth-order valence-corrected chi connectivity index (χ4v) is 2.74. The zero-order chi connectivity index (χ0) is 22.7. The van der Waals surface area contributed by atoms with Crippen LogP contribution in [-0.4, -0.2) is 43.7 Å². The van der Waals surface area contributed by atoms with Gasteiger partial charge in [0.2, 0.25) is 0 Å². The van der Waals surface area contributed by atoms with Crippen LogP contribution in [0.2, 0.25) is 0 Å². The molecule has 0 bridgehead atoms. The van der Waals surface area contributed by atoms with Crippen LogP contribution in [0.1, 0.15) is 20.8 Å². The van der Waals surface area contributed by atoms with Crippen molar-refractivity contribution >= 4 is 45.3 Å². The number of esters is 1. The molecule has 0 heterocycles. The molecular weight excluding hydrogens is 447 g/mol. The molecule has 0 atom stereocenters. The molecule has 6 nitrogen and oxygen atoms in total. The molecule has 0 saturated carbocycles. The smallest absolute Gasteiger partial charge is 0.411 e. The lowest BCUT2D eigenvalue weighted by molar-refractivity contribution is -0.140. The van der Waals surface area contributed by atoms with Crippen molar-refractivity contribution in [1.82, 2.24) is 0 Å². The molecule has 0 aliphatic rings. The highest BCUT2D eigenvalue weighted by Gasteiger charge is 2.65. The molecule has 0 radical (unpaired) electrons. The first kappa shape index (κ1) is 25.1. The third-order valence-corrected chi connectivity index (χ3v) is 4.59. The maximum absolute atomic E-state index is 13.2. The summed E-state index contributed by atoms with van der Waals surface area (Å²) >= 11 is 5.87. The van der Waals surface area contributed by atoms with Gasteiger partial charge in [-0.2, -0.15) is 0 Å². The van der Waals surface area contributed by atoms with Crippen molar-refractivity contribution in [2.75, 3.05) is 37.0 Å². The van der Waals surface area contributed by atoms with Gasteiger partial charge >= 0.3 is 22.3 Å². The maximum Gasteiger partial charge on any atom is 0.411 e. The van der Waals surface area contributed by atoms with Gasteiger partial charge in [-0.25, -0.2) is 4.79 Å². The van der Waals surface area contributed by atoms with Crippen molar-refractivity contribution in [2.24, 2.45) is 0 Å². The van der Waals surface area contributed by atoms with Gasteiger partial charge in [-0.1, -0.05) is 19.4 Å². The zero-order valence-electron chi connectivity index (χ0n) is 16.1. The normalized spacial score (nSPS) is 14.4. The van der Waals surface area contributed by atoms with Crippen LogP contribution in [0.15, 0.2) is 23.1 Å². The SMILES string of the molecule is CC(=O)OCCN(C)c1ccc(S(F)(F)(F)(F)F)cc1NC(=O)OCC(C)(C)Cl. The average Bonchev–Trinajstić information content (AvgIpc) is 2.49. The van der Waals surface area contributed by atoms with Crippen LogP contribution in [0.3, 0.4) is 0 Å². The standard InChI is InChI=1S/C16H22ClF5N2O4S/c1-11(25)27-8-7-24(4)14-6-5-12(29(18,19,20,21)22)9-13(14)23-15(26)28-10-16(2,3)17/h5-6,9H,7-8,10H2,1-4H3,(H,23,26). The Morgan fingerprint density at radius 1 is 1.17 bits per heavy atom. The average molecular weight is 469 g/mol. The highest BCUT2D eigenvalue weighted by molar-refractivity contribution is 8.45. The number of likely N-dealkylation sites (N-methyl/N-ethyl adjacent to an activating group) is 1. The van der Waals surface area contributed by atoms with E-state index in [-0.39, 0.29) is 37.6 Å². The number of hydrogen-bond acceptors (Lipinski definition) is 5. The second-order valence-corrected chi connectivity index (χ2v) is 10.3. The predicted octanol–water partition coefficient (Wildman–Crippen LogP) is 5.91. The van der Waals surface area contributed by atoms with Crippen LogP contribution in [-0.2, 0) is 14.3 Å². The van der Waals surface area contributed by atoms with Crippen molar-refractivity contribution < 1.29 is 38.5 Å². The highest BCUT2D eigenvalue weighted by Crippen LogP contribution is 3.02. The molecule has 0 spiro atoms. The van der Waals surface area contributed by atoms with E-state index in [4.69, 9.17) is 21.1 Å². The number of nitrogens with zero attached hydrogens (tertiary/aromatic N) is 1. The van der Waals surface area contributed by atoms with Gasteiger partial charge in [0, 0.05) is 14.0 Å². The number of carbonyl (C=O) groups is 2. The van der Waals surface area contributed by atoms with E-state index in [1.54, 1.807) is 0 Å². The van der Waals surface area contributed by atoms with Crippen LogP contribution in [0.25, 0.3) is 0 Å². The van der Waals surface area contributed by atoms with E-state index in [9.17, 15) is 29.0 Å². The Bertz CT molecular complexity index is 784. The van der Waals surface area contributed by atoms with E-state index in [0.29, 0.717) is 0 Å². The molecule has 29 heavy (non-hydrogen) atoms. The topological polar surface area (TPSA) is 67.9 Å². The number of amides is 1. The Morgan fingerprint density at radius 2 is 1.76 bits per heavy atom. The van der Waals surface area contributed by atoms with E-state index in [2.05, 4.69) is 0 Å². The quantitative estimate of drug-likeness (QED) is 0.292. The summed E-state index contributed by atoms with van der Waals surface area (Å²) in [5.74, 6) is -0.569. The molecule has 1 amide bonds. The van der Waals surface area contributed by atoms with Crippen LogP contribution in [0.4, 0.5) is 35.6 Å². The minimum Gasteiger partial charge on any atom is -0.464 e. The third kappa shape index (κ3) is 8.94. The van der Waals surface area contributed by atoms with Crippen LogP contribution < -0.4 is 10.2 Å². The molecule has 0 saturated heterocycles. The minimum atomic E-state index is -9.98. The van der Waals surface area contributed by atoms with Gasteiger partial charge in [0.25, 0.3) is 0 Å². The van der Waals surface area contributed by atoms with Crippen LogP contribution in [0.5, 0.6) is 0 Å². The Balaban J connectivity index is 3.21.